The van der Waals surface area contributed by atoms with Crippen LogP contribution in [0.1, 0.15) is 28.4 Å². The predicted octanol–water partition coefficient (Wildman–Crippen LogP) is 2.74. The zero-order valence-corrected chi connectivity index (χ0v) is 19.5. The molecule has 2 aromatic rings. The molecule has 0 unspecified atom stereocenters. The van der Waals surface area contributed by atoms with Crippen molar-refractivity contribution < 1.29 is 17.9 Å². The van der Waals surface area contributed by atoms with Gasteiger partial charge in [0.2, 0.25) is 10.0 Å². The number of carbonyl (C=O) groups excluding carboxylic acids is 1. The molecule has 0 spiro atoms. The lowest BCUT2D eigenvalue weighted by Gasteiger charge is -2.27. The summed E-state index contributed by atoms with van der Waals surface area (Å²) in [6.07, 6.45) is 0. The van der Waals surface area contributed by atoms with Crippen molar-refractivity contribution in [1.82, 2.24) is 9.21 Å². The number of ether oxygens (including phenoxy) is 1. The van der Waals surface area contributed by atoms with Gasteiger partial charge in [0.05, 0.1) is 18.1 Å². The van der Waals surface area contributed by atoms with Crippen LogP contribution in [0.4, 0.5) is 5.69 Å². The molecule has 31 heavy (non-hydrogen) atoms. The van der Waals surface area contributed by atoms with E-state index in [0.29, 0.717) is 45.0 Å². The van der Waals surface area contributed by atoms with Crippen molar-refractivity contribution in [2.75, 3.05) is 51.8 Å². The van der Waals surface area contributed by atoms with Crippen molar-refractivity contribution in [2.24, 2.45) is 0 Å². The quantitative estimate of drug-likeness (QED) is 0.656. The number of nitrogens with zero attached hydrogens (tertiary/aromatic N) is 3. The lowest BCUT2D eigenvalue weighted by molar-refractivity contribution is 0.0729. The number of benzene rings is 2. The summed E-state index contributed by atoms with van der Waals surface area (Å²) in [5.41, 5.74) is 3.29. The minimum absolute atomic E-state index is 0.148. The highest BCUT2D eigenvalue weighted by atomic mass is 32.2. The van der Waals surface area contributed by atoms with Crippen LogP contribution in [0.25, 0.3) is 0 Å². The Morgan fingerprint density at radius 1 is 1.06 bits per heavy atom. The van der Waals surface area contributed by atoms with Gasteiger partial charge in [-0.05, 0) is 49.2 Å². The van der Waals surface area contributed by atoms with E-state index in [-0.39, 0.29) is 10.8 Å². The van der Waals surface area contributed by atoms with Crippen LogP contribution in [-0.4, -0.2) is 70.5 Å². The molecule has 0 aromatic heterocycles. The van der Waals surface area contributed by atoms with Gasteiger partial charge in [-0.15, -0.1) is 0 Å². The first-order chi connectivity index (χ1) is 14.7. The third-order valence-corrected chi connectivity index (χ3v) is 7.44. The maximum atomic E-state index is 13.3. The summed E-state index contributed by atoms with van der Waals surface area (Å²) in [6, 6.07) is 12.9. The van der Waals surface area contributed by atoms with Gasteiger partial charge in [-0.3, -0.25) is 4.79 Å². The standard InChI is InChI=1S/C23H31N3O4S/c1-5-25(17-19-7-9-20(10-8-19)24(3)4)23(27)22-16-21(11-6-18(22)2)31(28,29)26-12-14-30-15-13-26/h6-11,16H,5,12-15,17H2,1-4H3. The maximum absolute atomic E-state index is 13.3. The second kappa shape index (κ2) is 9.80. The summed E-state index contributed by atoms with van der Waals surface area (Å²) in [7, 11) is 0.306. The molecule has 2 aromatic carbocycles. The lowest BCUT2D eigenvalue weighted by Crippen LogP contribution is -2.40. The zero-order chi connectivity index (χ0) is 22.6. The number of anilines is 1. The molecule has 1 aliphatic heterocycles. The van der Waals surface area contributed by atoms with Gasteiger partial charge >= 0.3 is 0 Å². The highest BCUT2D eigenvalue weighted by Gasteiger charge is 2.28. The van der Waals surface area contributed by atoms with Crippen LogP contribution in [0.3, 0.4) is 0 Å². The van der Waals surface area contributed by atoms with E-state index in [0.717, 1.165) is 16.8 Å². The first-order valence-electron chi connectivity index (χ1n) is 10.5. The van der Waals surface area contributed by atoms with E-state index < -0.39 is 10.0 Å². The van der Waals surface area contributed by atoms with Gasteiger partial charge in [-0.25, -0.2) is 8.42 Å². The highest BCUT2D eigenvalue weighted by Crippen LogP contribution is 2.22. The molecule has 0 bridgehead atoms. The van der Waals surface area contributed by atoms with Gasteiger partial charge in [-0.1, -0.05) is 18.2 Å². The Balaban J connectivity index is 1.84. The van der Waals surface area contributed by atoms with Crippen LogP contribution in [0, 0.1) is 6.92 Å². The van der Waals surface area contributed by atoms with E-state index in [1.165, 1.54) is 10.4 Å². The van der Waals surface area contributed by atoms with E-state index >= 15 is 0 Å². The molecule has 1 saturated heterocycles. The molecule has 8 heteroatoms. The lowest BCUT2D eigenvalue weighted by atomic mass is 10.1. The maximum Gasteiger partial charge on any atom is 0.254 e. The van der Waals surface area contributed by atoms with Crippen LogP contribution in [0.15, 0.2) is 47.4 Å². The van der Waals surface area contributed by atoms with Crippen molar-refractivity contribution in [2.45, 2.75) is 25.3 Å². The average molecular weight is 446 g/mol. The fraction of sp³-hybridized carbons (Fsp3) is 0.435. The smallest absolute Gasteiger partial charge is 0.254 e. The number of hydrogen-bond donors (Lipinski definition) is 0. The van der Waals surface area contributed by atoms with Crippen molar-refractivity contribution in [3.8, 4) is 0 Å². The SMILES string of the molecule is CCN(Cc1ccc(N(C)C)cc1)C(=O)c1cc(S(=O)(=O)N2CCOCC2)ccc1C. The van der Waals surface area contributed by atoms with Crippen LogP contribution in [0.5, 0.6) is 0 Å². The van der Waals surface area contributed by atoms with Crippen molar-refractivity contribution >= 4 is 21.6 Å². The Morgan fingerprint density at radius 2 is 1.71 bits per heavy atom. The van der Waals surface area contributed by atoms with Crippen LogP contribution < -0.4 is 4.90 Å². The van der Waals surface area contributed by atoms with Crippen LogP contribution in [-0.2, 0) is 21.3 Å². The Kier molecular flexibility index (Phi) is 7.35. The Morgan fingerprint density at radius 3 is 2.29 bits per heavy atom. The summed E-state index contributed by atoms with van der Waals surface area (Å²) in [6.45, 7) is 6.15. The predicted molar refractivity (Wildman–Crippen MR) is 122 cm³/mol. The number of hydrogen-bond acceptors (Lipinski definition) is 5. The van der Waals surface area contributed by atoms with E-state index in [2.05, 4.69) is 0 Å². The zero-order valence-electron chi connectivity index (χ0n) is 18.7. The number of amides is 1. The monoisotopic (exact) mass is 445 g/mol. The molecule has 0 N–H and O–H groups in total. The third kappa shape index (κ3) is 5.26. The molecule has 0 saturated carbocycles. The molecular weight excluding hydrogens is 414 g/mol. The van der Waals surface area contributed by atoms with Gasteiger partial charge in [0.1, 0.15) is 0 Å². The molecule has 0 radical (unpaired) electrons. The first-order valence-corrected chi connectivity index (χ1v) is 11.9. The molecule has 7 nitrogen and oxygen atoms in total. The van der Waals surface area contributed by atoms with E-state index in [4.69, 9.17) is 4.74 Å². The molecule has 1 aliphatic rings. The van der Waals surface area contributed by atoms with E-state index in [1.807, 2.05) is 57.1 Å². The normalized spacial score (nSPS) is 15.0. The molecule has 1 fully saturated rings. The number of morpholine rings is 1. The van der Waals surface area contributed by atoms with Crippen molar-refractivity contribution in [3.63, 3.8) is 0 Å². The largest absolute Gasteiger partial charge is 0.379 e. The Labute approximate surface area is 185 Å². The number of sulfonamides is 1. The van der Waals surface area contributed by atoms with Crippen LogP contribution >= 0.6 is 0 Å². The second-order valence-electron chi connectivity index (χ2n) is 7.87. The molecule has 0 aliphatic carbocycles. The number of carbonyl (C=O) groups is 1. The highest BCUT2D eigenvalue weighted by molar-refractivity contribution is 7.89. The molecule has 1 amide bonds. The molecule has 1 heterocycles. The topological polar surface area (TPSA) is 70.2 Å². The van der Waals surface area contributed by atoms with Crippen molar-refractivity contribution in [1.29, 1.82) is 0 Å². The second-order valence-corrected chi connectivity index (χ2v) is 9.81. The number of aryl methyl sites for hydroxylation is 1. The molecule has 168 valence electrons. The minimum Gasteiger partial charge on any atom is -0.379 e. The van der Waals surface area contributed by atoms with Gasteiger partial charge < -0.3 is 14.5 Å². The third-order valence-electron chi connectivity index (χ3n) is 5.54. The molecular formula is C23H31N3O4S. The van der Waals surface area contributed by atoms with Gasteiger partial charge in [0, 0.05) is 51.5 Å². The first kappa shape index (κ1) is 23.2. The summed E-state index contributed by atoms with van der Waals surface area (Å²) >= 11 is 0. The summed E-state index contributed by atoms with van der Waals surface area (Å²) < 4.78 is 32.7. The van der Waals surface area contributed by atoms with Gasteiger partial charge in [-0.2, -0.15) is 4.31 Å². The van der Waals surface area contributed by atoms with E-state index in [9.17, 15) is 13.2 Å². The summed E-state index contributed by atoms with van der Waals surface area (Å²) in [5, 5.41) is 0. The minimum atomic E-state index is -3.66. The van der Waals surface area contributed by atoms with Gasteiger partial charge in [0.25, 0.3) is 5.91 Å². The summed E-state index contributed by atoms with van der Waals surface area (Å²) in [5.74, 6) is -0.171. The Bertz CT molecular complexity index is 1010. The molecule has 0 atom stereocenters. The fourth-order valence-electron chi connectivity index (χ4n) is 3.55. The summed E-state index contributed by atoms with van der Waals surface area (Å²) in [4.78, 5) is 17.2. The Hall–Kier alpha value is -2.42. The van der Waals surface area contributed by atoms with E-state index in [1.54, 1.807) is 17.0 Å². The van der Waals surface area contributed by atoms with Gasteiger partial charge in [0.15, 0.2) is 0 Å². The van der Waals surface area contributed by atoms with Crippen LogP contribution in [0.2, 0.25) is 0 Å². The molecule has 3 rings (SSSR count). The average Bonchev–Trinajstić information content (AvgIpc) is 2.78. The number of rotatable bonds is 7. The van der Waals surface area contributed by atoms with Crippen molar-refractivity contribution in [3.05, 3.63) is 59.2 Å². The fourth-order valence-corrected chi connectivity index (χ4v) is 4.98.